The van der Waals surface area contributed by atoms with Gasteiger partial charge in [-0.2, -0.15) is 0 Å². The molecule has 0 aromatic rings. The van der Waals surface area contributed by atoms with Gasteiger partial charge in [-0.25, -0.2) is 0 Å². The normalized spacial score (nSPS) is 25.4. The molecular formula is C15H29N3O2. The van der Waals surface area contributed by atoms with E-state index in [1.165, 1.54) is 13.0 Å². The molecule has 0 spiro atoms. The van der Waals surface area contributed by atoms with Crippen LogP contribution in [0.4, 0.5) is 0 Å². The van der Waals surface area contributed by atoms with Crippen LogP contribution in [-0.2, 0) is 9.53 Å². The maximum Gasteiger partial charge on any atom is 0.222 e. The summed E-state index contributed by atoms with van der Waals surface area (Å²) in [7, 11) is 4.13. The number of amides is 1. The minimum atomic E-state index is 0.302. The van der Waals surface area contributed by atoms with E-state index < -0.39 is 0 Å². The zero-order chi connectivity index (χ0) is 14.4. The molecule has 0 aliphatic carbocycles. The Labute approximate surface area is 122 Å². The van der Waals surface area contributed by atoms with Crippen molar-refractivity contribution in [3.63, 3.8) is 0 Å². The van der Waals surface area contributed by atoms with Crippen molar-refractivity contribution < 1.29 is 9.53 Å². The van der Waals surface area contributed by atoms with Gasteiger partial charge in [0.15, 0.2) is 0 Å². The average molecular weight is 283 g/mol. The van der Waals surface area contributed by atoms with E-state index in [2.05, 4.69) is 16.8 Å². The minimum Gasteiger partial charge on any atom is -0.379 e. The first-order valence-corrected chi connectivity index (χ1v) is 7.88. The lowest BCUT2D eigenvalue weighted by Gasteiger charge is -2.32. The first-order chi connectivity index (χ1) is 9.65. The first kappa shape index (κ1) is 15.7. The van der Waals surface area contributed by atoms with E-state index in [1.54, 1.807) is 0 Å². The van der Waals surface area contributed by atoms with Crippen LogP contribution in [0.2, 0.25) is 0 Å². The Kier molecular flexibility index (Phi) is 6.26. The van der Waals surface area contributed by atoms with E-state index >= 15 is 0 Å². The van der Waals surface area contributed by atoms with E-state index in [4.69, 9.17) is 4.74 Å². The summed E-state index contributed by atoms with van der Waals surface area (Å²) in [6.07, 6.45) is 3.00. The van der Waals surface area contributed by atoms with E-state index in [0.717, 1.165) is 58.8 Å². The van der Waals surface area contributed by atoms with Crippen LogP contribution in [0.25, 0.3) is 0 Å². The van der Waals surface area contributed by atoms with Gasteiger partial charge in [0.1, 0.15) is 0 Å². The van der Waals surface area contributed by atoms with Crippen molar-refractivity contribution in [3.05, 3.63) is 0 Å². The van der Waals surface area contributed by atoms with Crippen molar-refractivity contribution in [3.8, 4) is 0 Å². The highest BCUT2D eigenvalue weighted by Crippen LogP contribution is 2.17. The molecule has 0 bridgehead atoms. The Morgan fingerprint density at radius 3 is 2.80 bits per heavy atom. The molecule has 0 aromatic carbocycles. The number of piperidine rings is 1. The second-order valence-corrected chi connectivity index (χ2v) is 6.25. The summed E-state index contributed by atoms with van der Waals surface area (Å²) in [6.45, 7) is 8.30. The summed E-state index contributed by atoms with van der Waals surface area (Å²) in [5.74, 6) is 0.947. The van der Waals surface area contributed by atoms with Crippen molar-refractivity contribution in [2.24, 2.45) is 5.92 Å². The van der Waals surface area contributed by atoms with Gasteiger partial charge in [0, 0.05) is 39.6 Å². The molecule has 0 radical (unpaired) electrons. The fourth-order valence-electron chi connectivity index (χ4n) is 3.17. The van der Waals surface area contributed by atoms with Crippen molar-refractivity contribution in [1.29, 1.82) is 0 Å². The Morgan fingerprint density at radius 2 is 2.10 bits per heavy atom. The highest BCUT2D eigenvalue weighted by Gasteiger charge is 2.23. The summed E-state index contributed by atoms with van der Waals surface area (Å²) in [6, 6.07) is 0. The molecule has 2 aliphatic heterocycles. The molecule has 1 unspecified atom stereocenters. The van der Waals surface area contributed by atoms with E-state index in [0.29, 0.717) is 11.8 Å². The van der Waals surface area contributed by atoms with Crippen LogP contribution in [0.1, 0.15) is 19.3 Å². The van der Waals surface area contributed by atoms with Crippen LogP contribution in [0, 0.1) is 5.92 Å². The van der Waals surface area contributed by atoms with E-state index in [9.17, 15) is 4.79 Å². The second kappa shape index (κ2) is 7.96. The number of hydrogen-bond donors (Lipinski definition) is 0. The minimum absolute atomic E-state index is 0.302. The third kappa shape index (κ3) is 5.04. The maximum absolute atomic E-state index is 11.5. The van der Waals surface area contributed by atoms with Crippen molar-refractivity contribution in [2.75, 3.05) is 66.6 Å². The molecule has 2 heterocycles. The molecule has 20 heavy (non-hydrogen) atoms. The van der Waals surface area contributed by atoms with Gasteiger partial charge < -0.3 is 14.5 Å². The lowest BCUT2D eigenvalue weighted by Crippen LogP contribution is -2.42. The summed E-state index contributed by atoms with van der Waals surface area (Å²) < 4.78 is 5.36. The van der Waals surface area contributed by atoms with Gasteiger partial charge in [-0.15, -0.1) is 0 Å². The topological polar surface area (TPSA) is 36.0 Å². The van der Waals surface area contributed by atoms with Gasteiger partial charge >= 0.3 is 0 Å². The molecule has 2 fully saturated rings. The van der Waals surface area contributed by atoms with Crippen molar-refractivity contribution in [2.45, 2.75) is 19.3 Å². The number of likely N-dealkylation sites (tertiary alicyclic amines) is 1. The lowest BCUT2D eigenvalue weighted by molar-refractivity contribution is -0.133. The van der Waals surface area contributed by atoms with Crippen molar-refractivity contribution >= 4 is 5.91 Å². The Morgan fingerprint density at radius 1 is 1.35 bits per heavy atom. The smallest absolute Gasteiger partial charge is 0.222 e. The summed E-state index contributed by atoms with van der Waals surface area (Å²) in [4.78, 5) is 18.3. The average Bonchev–Trinajstić information content (AvgIpc) is 2.44. The molecule has 116 valence electrons. The third-order valence-corrected chi connectivity index (χ3v) is 4.41. The molecule has 0 N–H and O–H groups in total. The fraction of sp³-hybridized carbons (Fsp3) is 0.933. The number of carbonyl (C=O) groups excluding carboxylic acids is 1. The zero-order valence-corrected chi connectivity index (χ0v) is 13.0. The zero-order valence-electron chi connectivity index (χ0n) is 13.0. The van der Waals surface area contributed by atoms with E-state index in [1.807, 2.05) is 11.9 Å². The van der Waals surface area contributed by atoms with Crippen LogP contribution in [-0.4, -0.2) is 87.2 Å². The third-order valence-electron chi connectivity index (χ3n) is 4.41. The fourth-order valence-corrected chi connectivity index (χ4v) is 3.17. The number of ether oxygens (including phenoxy) is 1. The highest BCUT2D eigenvalue weighted by atomic mass is 16.5. The maximum atomic E-state index is 11.5. The van der Waals surface area contributed by atoms with Crippen LogP contribution >= 0.6 is 0 Å². The first-order valence-electron chi connectivity index (χ1n) is 7.88. The molecule has 5 nitrogen and oxygen atoms in total. The van der Waals surface area contributed by atoms with Crippen LogP contribution in [0.15, 0.2) is 0 Å². The predicted octanol–water partition coefficient (Wildman–Crippen LogP) is 0.509. The Balaban J connectivity index is 1.57. The number of hydrogen-bond acceptors (Lipinski definition) is 4. The molecule has 0 saturated carbocycles. The van der Waals surface area contributed by atoms with Gasteiger partial charge in [-0.05, 0) is 38.9 Å². The molecular weight excluding hydrogens is 254 g/mol. The van der Waals surface area contributed by atoms with Gasteiger partial charge in [0.05, 0.1) is 13.2 Å². The molecule has 0 aromatic heterocycles. The molecule has 2 aliphatic rings. The molecule has 1 amide bonds. The van der Waals surface area contributed by atoms with Crippen LogP contribution < -0.4 is 0 Å². The lowest BCUT2D eigenvalue weighted by atomic mass is 9.97. The number of morpholine rings is 1. The number of rotatable bonds is 6. The number of nitrogens with zero attached hydrogens (tertiary/aromatic N) is 3. The molecule has 2 saturated heterocycles. The largest absolute Gasteiger partial charge is 0.379 e. The van der Waals surface area contributed by atoms with E-state index in [-0.39, 0.29) is 0 Å². The molecule has 2 rings (SSSR count). The summed E-state index contributed by atoms with van der Waals surface area (Å²) >= 11 is 0. The highest BCUT2D eigenvalue weighted by molar-refractivity contribution is 5.76. The van der Waals surface area contributed by atoms with Gasteiger partial charge in [0.2, 0.25) is 5.91 Å². The second-order valence-electron chi connectivity index (χ2n) is 6.25. The molecule has 1 atom stereocenters. The quantitative estimate of drug-likeness (QED) is 0.711. The SMILES string of the molecule is CN(CCCN1CCOCC1)CC1CCC(=O)N(C)C1. The van der Waals surface area contributed by atoms with Gasteiger partial charge in [-0.3, -0.25) is 9.69 Å². The number of carbonyl (C=O) groups is 1. The Bertz CT molecular complexity index is 305. The summed E-state index contributed by atoms with van der Waals surface area (Å²) in [5.41, 5.74) is 0. The predicted molar refractivity (Wildman–Crippen MR) is 79.7 cm³/mol. The summed E-state index contributed by atoms with van der Waals surface area (Å²) in [5, 5.41) is 0. The Hall–Kier alpha value is -0.650. The van der Waals surface area contributed by atoms with Gasteiger partial charge in [-0.1, -0.05) is 0 Å². The van der Waals surface area contributed by atoms with Crippen molar-refractivity contribution in [1.82, 2.24) is 14.7 Å². The standard InChI is InChI=1S/C15H29N3O2/c1-16(6-3-7-18-8-10-20-11-9-18)12-14-4-5-15(19)17(2)13-14/h14H,3-13H2,1-2H3. The monoisotopic (exact) mass is 283 g/mol. The van der Waals surface area contributed by atoms with Gasteiger partial charge in [0.25, 0.3) is 0 Å². The van der Waals surface area contributed by atoms with Crippen LogP contribution in [0.5, 0.6) is 0 Å². The van der Waals surface area contributed by atoms with Crippen LogP contribution in [0.3, 0.4) is 0 Å². The molecule has 5 heteroatoms.